The molecule has 0 unspecified atom stereocenters. The smallest absolute Gasteiger partial charge is 0.106 e. The second-order valence-electron chi connectivity index (χ2n) is 5.43. The van der Waals surface area contributed by atoms with Gasteiger partial charge in [-0.05, 0) is 52.4 Å². The first kappa shape index (κ1) is 15.1. The molecule has 0 saturated heterocycles. The molecule has 110 valence electrons. The van der Waals surface area contributed by atoms with E-state index in [2.05, 4.69) is 48.2 Å². The molecule has 20 heavy (non-hydrogen) atoms. The minimum absolute atomic E-state index is 0.616. The van der Waals surface area contributed by atoms with E-state index >= 15 is 0 Å². The Hall–Kier alpha value is -1.33. The van der Waals surface area contributed by atoms with Crippen molar-refractivity contribution in [1.29, 1.82) is 0 Å². The van der Waals surface area contributed by atoms with Crippen molar-refractivity contribution >= 4 is 32.9 Å². The second-order valence-corrected chi connectivity index (χ2v) is 6.32. The van der Waals surface area contributed by atoms with Crippen LogP contribution in [-0.4, -0.2) is 36.1 Å². The number of benzene rings is 1. The molecule has 2 rings (SSSR count). The molecule has 0 saturated carbocycles. The van der Waals surface area contributed by atoms with Crippen LogP contribution < -0.4 is 11.1 Å². The Bertz CT molecular complexity index is 550. The van der Waals surface area contributed by atoms with Gasteiger partial charge in [0.25, 0.3) is 0 Å². The number of nitrogens with two attached hydrogens (primary N) is 1. The van der Waals surface area contributed by atoms with Gasteiger partial charge in [-0.3, -0.25) is 0 Å². The quantitative estimate of drug-likeness (QED) is 0.606. The summed E-state index contributed by atoms with van der Waals surface area (Å²) < 4.78 is 1.15. The van der Waals surface area contributed by atoms with Crippen molar-refractivity contribution in [1.82, 2.24) is 9.88 Å². The number of anilines is 2. The predicted octanol–water partition coefficient (Wildman–Crippen LogP) is 3.41. The Kier molecular flexibility index (Phi) is 5.20. The second kappa shape index (κ2) is 6.90. The molecule has 0 amide bonds. The number of nitrogens with one attached hydrogen (secondary N) is 1. The molecule has 1 aromatic carbocycles. The van der Waals surface area contributed by atoms with Gasteiger partial charge >= 0.3 is 0 Å². The van der Waals surface area contributed by atoms with Gasteiger partial charge in [0.2, 0.25) is 0 Å². The van der Waals surface area contributed by atoms with Crippen molar-refractivity contribution in [2.75, 3.05) is 31.2 Å². The zero-order valence-corrected chi connectivity index (χ0v) is 13.3. The molecule has 0 spiro atoms. The van der Waals surface area contributed by atoms with Gasteiger partial charge < -0.3 is 16.0 Å². The van der Waals surface area contributed by atoms with Crippen LogP contribution in [0.3, 0.4) is 0 Å². The fourth-order valence-corrected chi connectivity index (χ4v) is 2.77. The molecule has 0 aliphatic carbocycles. The first-order chi connectivity index (χ1) is 9.59. The molecule has 1 aromatic heterocycles. The normalized spacial score (nSPS) is 11.7. The number of nitrogen functional groups attached to an aromatic ring is 1. The minimum atomic E-state index is 0.616. The van der Waals surface area contributed by atoms with Gasteiger partial charge in [0.15, 0.2) is 0 Å². The maximum Gasteiger partial charge on any atom is 0.106 e. The van der Waals surface area contributed by atoms with E-state index in [4.69, 9.17) is 5.73 Å². The lowest BCUT2D eigenvalue weighted by Crippen LogP contribution is -2.27. The van der Waals surface area contributed by atoms with Crippen LogP contribution in [0.25, 0.3) is 10.2 Å². The van der Waals surface area contributed by atoms with Crippen LogP contribution in [0.5, 0.6) is 0 Å². The molecular formula is C15H24N4S. The highest BCUT2D eigenvalue weighted by Crippen LogP contribution is 2.29. The van der Waals surface area contributed by atoms with Crippen LogP contribution in [0.2, 0.25) is 0 Å². The number of aromatic nitrogens is 1. The van der Waals surface area contributed by atoms with Crippen molar-refractivity contribution in [3.8, 4) is 0 Å². The van der Waals surface area contributed by atoms with Gasteiger partial charge in [-0.25, -0.2) is 4.98 Å². The molecule has 0 bridgehead atoms. The van der Waals surface area contributed by atoms with Crippen LogP contribution >= 0.6 is 11.3 Å². The van der Waals surface area contributed by atoms with Crippen molar-refractivity contribution in [3.05, 3.63) is 17.6 Å². The Labute approximate surface area is 125 Å². The lowest BCUT2D eigenvalue weighted by molar-refractivity contribution is 0.269. The van der Waals surface area contributed by atoms with Gasteiger partial charge in [-0.15, -0.1) is 11.3 Å². The highest BCUT2D eigenvalue weighted by molar-refractivity contribution is 7.16. The molecule has 0 aliphatic rings. The summed E-state index contributed by atoms with van der Waals surface area (Å²) in [6, 6.07) is 4.75. The van der Waals surface area contributed by atoms with E-state index in [1.807, 2.05) is 5.51 Å². The third kappa shape index (κ3) is 3.61. The maximum absolute atomic E-state index is 6.14. The number of hydrogen-bond acceptors (Lipinski definition) is 5. The van der Waals surface area contributed by atoms with Crippen LogP contribution in [-0.2, 0) is 0 Å². The van der Waals surface area contributed by atoms with Gasteiger partial charge in [-0.2, -0.15) is 0 Å². The summed E-state index contributed by atoms with van der Waals surface area (Å²) in [6.07, 6.45) is 2.34. The van der Waals surface area contributed by atoms with E-state index < -0.39 is 0 Å². The Balaban J connectivity index is 1.80. The molecule has 0 radical (unpaired) electrons. The molecule has 5 heteroatoms. The van der Waals surface area contributed by atoms with Crippen LogP contribution in [0.4, 0.5) is 11.4 Å². The summed E-state index contributed by atoms with van der Waals surface area (Å²) in [5, 5.41) is 3.42. The first-order valence-electron chi connectivity index (χ1n) is 7.15. The van der Waals surface area contributed by atoms with Crippen molar-refractivity contribution in [3.63, 3.8) is 0 Å². The van der Waals surface area contributed by atoms with Crippen LogP contribution in [0.1, 0.15) is 26.7 Å². The largest absolute Gasteiger partial charge is 0.395 e. The summed E-state index contributed by atoms with van der Waals surface area (Å²) in [5.74, 6) is 0. The Morgan fingerprint density at radius 3 is 2.90 bits per heavy atom. The molecule has 4 nitrogen and oxygen atoms in total. The zero-order chi connectivity index (χ0) is 14.5. The fourth-order valence-electron chi connectivity index (χ4n) is 2.07. The summed E-state index contributed by atoms with van der Waals surface area (Å²) >= 11 is 1.62. The van der Waals surface area contributed by atoms with Gasteiger partial charge in [0.1, 0.15) is 5.52 Å². The van der Waals surface area contributed by atoms with E-state index in [-0.39, 0.29) is 0 Å². The first-order valence-corrected chi connectivity index (χ1v) is 8.03. The summed E-state index contributed by atoms with van der Waals surface area (Å²) in [6.45, 7) is 6.54. The van der Waals surface area contributed by atoms with E-state index in [1.165, 1.54) is 6.42 Å². The molecule has 0 aliphatic heterocycles. The number of fused-ring (bicyclic) bond motifs is 1. The van der Waals surface area contributed by atoms with Gasteiger partial charge in [0, 0.05) is 12.6 Å². The number of thiazole rings is 1. The summed E-state index contributed by atoms with van der Waals surface area (Å²) in [7, 11) is 2.17. The van der Waals surface area contributed by atoms with Crippen LogP contribution in [0.15, 0.2) is 17.6 Å². The Morgan fingerprint density at radius 2 is 2.15 bits per heavy atom. The number of rotatable bonds is 7. The third-order valence-corrected chi connectivity index (χ3v) is 4.47. The fraction of sp³-hybridized carbons (Fsp3) is 0.533. The van der Waals surface area contributed by atoms with E-state index in [0.29, 0.717) is 6.04 Å². The topological polar surface area (TPSA) is 54.2 Å². The third-order valence-electron chi connectivity index (χ3n) is 3.68. The Morgan fingerprint density at radius 1 is 1.35 bits per heavy atom. The number of nitrogens with zero attached hydrogens (tertiary/aromatic N) is 2. The SMILES string of the molecule is CC(C)N(C)CCCCNc1ccc2scnc2c1N. The highest BCUT2D eigenvalue weighted by atomic mass is 32.1. The van der Waals surface area contributed by atoms with Crippen LogP contribution in [0, 0.1) is 0 Å². The average molecular weight is 292 g/mol. The lowest BCUT2D eigenvalue weighted by atomic mass is 10.2. The molecule has 1 heterocycles. The zero-order valence-electron chi connectivity index (χ0n) is 12.5. The summed E-state index contributed by atoms with van der Waals surface area (Å²) in [5.41, 5.74) is 10.7. The van der Waals surface area contributed by atoms with Gasteiger partial charge in [0.05, 0.1) is 21.6 Å². The lowest BCUT2D eigenvalue weighted by Gasteiger charge is -2.20. The van der Waals surface area contributed by atoms with E-state index in [0.717, 1.165) is 41.1 Å². The summed E-state index contributed by atoms with van der Waals surface area (Å²) in [4.78, 5) is 6.68. The molecular weight excluding hydrogens is 268 g/mol. The van der Waals surface area contributed by atoms with Crippen molar-refractivity contribution in [2.24, 2.45) is 0 Å². The predicted molar refractivity (Wildman–Crippen MR) is 89.5 cm³/mol. The standard InChI is InChI=1S/C15H24N4S/c1-11(2)19(3)9-5-4-8-17-12-6-7-13-15(14(12)16)18-10-20-13/h6-7,10-11,17H,4-5,8-9,16H2,1-3H3. The molecule has 0 atom stereocenters. The maximum atomic E-state index is 6.14. The van der Waals surface area contributed by atoms with Crippen molar-refractivity contribution in [2.45, 2.75) is 32.7 Å². The number of hydrogen-bond donors (Lipinski definition) is 2. The average Bonchev–Trinajstić information content (AvgIpc) is 2.89. The molecule has 2 aromatic rings. The molecule has 3 N–H and O–H groups in total. The van der Waals surface area contributed by atoms with E-state index in [1.54, 1.807) is 11.3 Å². The highest BCUT2D eigenvalue weighted by Gasteiger charge is 2.06. The number of unbranched alkanes of at least 4 members (excludes halogenated alkanes) is 1. The van der Waals surface area contributed by atoms with Gasteiger partial charge in [-0.1, -0.05) is 0 Å². The molecule has 0 fully saturated rings. The monoisotopic (exact) mass is 292 g/mol. The van der Waals surface area contributed by atoms with E-state index in [9.17, 15) is 0 Å². The van der Waals surface area contributed by atoms with Crippen molar-refractivity contribution < 1.29 is 0 Å². The minimum Gasteiger partial charge on any atom is -0.395 e.